The van der Waals surface area contributed by atoms with Gasteiger partial charge < -0.3 is 14.1 Å². The van der Waals surface area contributed by atoms with E-state index in [2.05, 4.69) is 0 Å². The van der Waals surface area contributed by atoms with E-state index in [0.29, 0.717) is 18.7 Å². The first-order valence-corrected chi connectivity index (χ1v) is 8.74. The lowest BCUT2D eigenvalue weighted by Crippen LogP contribution is -2.45. The van der Waals surface area contributed by atoms with E-state index in [1.807, 2.05) is 42.5 Å². The molecule has 4 rings (SSSR count). The summed E-state index contributed by atoms with van der Waals surface area (Å²) in [6.07, 6.45) is 1.63. The van der Waals surface area contributed by atoms with Gasteiger partial charge in [-0.2, -0.15) is 0 Å². The van der Waals surface area contributed by atoms with Crippen molar-refractivity contribution in [3.63, 3.8) is 0 Å². The van der Waals surface area contributed by atoms with Crippen LogP contribution < -0.4 is 10.4 Å². The summed E-state index contributed by atoms with van der Waals surface area (Å²) in [5.74, 6) is 0.489. The average Bonchev–Trinajstić information content (AvgIpc) is 2.68. The highest BCUT2D eigenvalue weighted by Crippen LogP contribution is 2.20. The van der Waals surface area contributed by atoms with Gasteiger partial charge in [0.2, 0.25) is 0 Å². The number of ether oxygens (including phenoxy) is 1. The molecule has 0 radical (unpaired) electrons. The van der Waals surface area contributed by atoms with Crippen LogP contribution in [0.5, 0.6) is 5.75 Å². The van der Waals surface area contributed by atoms with Crippen LogP contribution in [0.4, 0.5) is 0 Å². The predicted molar refractivity (Wildman–Crippen MR) is 98.5 cm³/mol. The molecule has 1 aliphatic heterocycles. The molecule has 2 heterocycles. The van der Waals surface area contributed by atoms with Crippen molar-refractivity contribution in [1.29, 1.82) is 0 Å². The van der Waals surface area contributed by atoms with Crippen molar-refractivity contribution in [2.24, 2.45) is 0 Å². The molecule has 3 aromatic rings. The van der Waals surface area contributed by atoms with E-state index in [0.717, 1.165) is 24.0 Å². The minimum atomic E-state index is -0.597. The SMILES string of the molecule is O=C(c1cc2ccccc2oc1=O)N1CCCC(Oc2ccccc2)C1. The normalized spacial score (nSPS) is 17.2. The zero-order chi connectivity index (χ0) is 17.9. The van der Waals surface area contributed by atoms with E-state index in [4.69, 9.17) is 9.15 Å². The van der Waals surface area contributed by atoms with Crippen molar-refractivity contribution < 1.29 is 13.9 Å². The van der Waals surface area contributed by atoms with Crippen LogP contribution in [0.3, 0.4) is 0 Å². The zero-order valence-corrected chi connectivity index (χ0v) is 14.3. The molecule has 132 valence electrons. The topological polar surface area (TPSA) is 59.8 Å². The van der Waals surface area contributed by atoms with E-state index in [-0.39, 0.29) is 17.6 Å². The Labute approximate surface area is 150 Å². The minimum Gasteiger partial charge on any atom is -0.489 e. The van der Waals surface area contributed by atoms with Crippen molar-refractivity contribution in [3.8, 4) is 5.75 Å². The largest absolute Gasteiger partial charge is 0.489 e. The molecule has 5 nitrogen and oxygen atoms in total. The van der Waals surface area contributed by atoms with Crippen molar-refractivity contribution in [2.75, 3.05) is 13.1 Å². The number of nitrogens with zero attached hydrogens (tertiary/aromatic N) is 1. The Morgan fingerprint density at radius 1 is 1.08 bits per heavy atom. The molecular formula is C21H19NO4. The number of likely N-dealkylation sites (tertiary alicyclic amines) is 1. The van der Waals surface area contributed by atoms with Gasteiger partial charge in [-0.25, -0.2) is 4.79 Å². The summed E-state index contributed by atoms with van der Waals surface area (Å²) in [6.45, 7) is 1.07. The second-order valence-electron chi connectivity index (χ2n) is 6.43. The number of rotatable bonds is 3. The Morgan fingerprint density at radius 3 is 2.69 bits per heavy atom. The Morgan fingerprint density at radius 2 is 1.85 bits per heavy atom. The standard InChI is InChI=1S/C21H19NO4/c23-20(18-13-15-7-4-5-11-19(15)26-21(18)24)22-12-6-10-17(14-22)25-16-8-2-1-3-9-16/h1-5,7-9,11,13,17H,6,10,12,14H2. The van der Waals surface area contributed by atoms with Crippen LogP contribution in [0.25, 0.3) is 11.0 Å². The van der Waals surface area contributed by atoms with Gasteiger partial charge in [0.1, 0.15) is 23.0 Å². The second-order valence-corrected chi connectivity index (χ2v) is 6.43. The third-order valence-corrected chi connectivity index (χ3v) is 4.58. The zero-order valence-electron chi connectivity index (χ0n) is 14.3. The monoisotopic (exact) mass is 349 g/mol. The van der Waals surface area contributed by atoms with Gasteiger partial charge in [-0.3, -0.25) is 4.79 Å². The molecule has 0 saturated carbocycles. The molecule has 0 spiro atoms. The number of piperidine rings is 1. The minimum absolute atomic E-state index is 0.0732. The molecule has 1 unspecified atom stereocenters. The van der Waals surface area contributed by atoms with Crippen molar-refractivity contribution in [3.05, 3.63) is 76.6 Å². The summed E-state index contributed by atoms with van der Waals surface area (Å²) < 4.78 is 11.3. The Balaban J connectivity index is 1.54. The average molecular weight is 349 g/mol. The van der Waals surface area contributed by atoms with Crippen LogP contribution in [-0.2, 0) is 0 Å². The van der Waals surface area contributed by atoms with Crippen LogP contribution in [0.15, 0.2) is 69.9 Å². The molecule has 1 saturated heterocycles. The lowest BCUT2D eigenvalue weighted by molar-refractivity contribution is 0.0534. The molecule has 0 N–H and O–H groups in total. The number of benzene rings is 2. The highest BCUT2D eigenvalue weighted by atomic mass is 16.5. The van der Waals surface area contributed by atoms with E-state index in [1.54, 1.807) is 23.1 Å². The Kier molecular flexibility index (Phi) is 4.44. The van der Waals surface area contributed by atoms with Gasteiger partial charge in [0, 0.05) is 11.9 Å². The molecule has 5 heteroatoms. The van der Waals surface area contributed by atoms with Crippen LogP contribution in [-0.4, -0.2) is 30.0 Å². The van der Waals surface area contributed by atoms with Gasteiger partial charge in [0.05, 0.1) is 6.54 Å². The number of carbonyl (C=O) groups is 1. The number of hydrogen-bond acceptors (Lipinski definition) is 4. The van der Waals surface area contributed by atoms with Gasteiger partial charge in [-0.05, 0) is 37.1 Å². The number of fused-ring (bicyclic) bond motifs is 1. The lowest BCUT2D eigenvalue weighted by atomic mass is 10.1. The number of amides is 1. The van der Waals surface area contributed by atoms with E-state index < -0.39 is 5.63 Å². The first kappa shape index (κ1) is 16.4. The summed E-state index contributed by atoms with van der Waals surface area (Å²) in [5, 5.41) is 0.740. The highest BCUT2D eigenvalue weighted by Gasteiger charge is 2.27. The molecule has 26 heavy (non-hydrogen) atoms. The Bertz CT molecular complexity index is 980. The quantitative estimate of drug-likeness (QED) is 0.679. The van der Waals surface area contributed by atoms with Gasteiger partial charge in [0.15, 0.2) is 0 Å². The molecule has 2 aromatic carbocycles. The first-order chi connectivity index (χ1) is 12.7. The molecule has 1 fully saturated rings. The van der Waals surface area contributed by atoms with Crippen molar-refractivity contribution >= 4 is 16.9 Å². The maximum Gasteiger partial charge on any atom is 0.349 e. The van der Waals surface area contributed by atoms with Crippen LogP contribution >= 0.6 is 0 Å². The number of carbonyl (C=O) groups excluding carboxylic acids is 1. The van der Waals surface area contributed by atoms with Crippen molar-refractivity contribution in [1.82, 2.24) is 4.90 Å². The molecule has 1 atom stereocenters. The second kappa shape index (κ2) is 7.04. The maximum atomic E-state index is 12.9. The summed E-state index contributed by atoms with van der Waals surface area (Å²) in [4.78, 5) is 26.8. The van der Waals surface area contributed by atoms with E-state index in [9.17, 15) is 9.59 Å². The predicted octanol–water partition coefficient (Wildman–Crippen LogP) is 3.48. The first-order valence-electron chi connectivity index (χ1n) is 8.74. The maximum absolute atomic E-state index is 12.9. The molecule has 0 aliphatic carbocycles. The molecular weight excluding hydrogens is 330 g/mol. The highest BCUT2D eigenvalue weighted by molar-refractivity contribution is 5.96. The van der Waals surface area contributed by atoms with Crippen LogP contribution in [0.1, 0.15) is 23.2 Å². The lowest BCUT2D eigenvalue weighted by Gasteiger charge is -2.32. The fraction of sp³-hybridized carbons (Fsp3) is 0.238. The smallest absolute Gasteiger partial charge is 0.349 e. The summed E-state index contributed by atoms with van der Waals surface area (Å²) in [7, 11) is 0. The number of para-hydroxylation sites is 2. The fourth-order valence-electron chi connectivity index (χ4n) is 3.29. The third-order valence-electron chi connectivity index (χ3n) is 4.58. The van der Waals surface area contributed by atoms with Gasteiger partial charge in [-0.1, -0.05) is 36.4 Å². The summed E-state index contributed by atoms with van der Waals surface area (Å²) in [5.41, 5.74) is -0.0400. The van der Waals surface area contributed by atoms with E-state index >= 15 is 0 Å². The van der Waals surface area contributed by atoms with E-state index in [1.165, 1.54) is 0 Å². The third kappa shape index (κ3) is 3.33. The Hall–Kier alpha value is -3.08. The van der Waals surface area contributed by atoms with Gasteiger partial charge in [0.25, 0.3) is 5.91 Å². The molecule has 1 aromatic heterocycles. The fourth-order valence-corrected chi connectivity index (χ4v) is 3.29. The van der Waals surface area contributed by atoms with Gasteiger partial charge in [-0.15, -0.1) is 0 Å². The van der Waals surface area contributed by atoms with Gasteiger partial charge >= 0.3 is 5.63 Å². The number of hydrogen-bond donors (Lipinski definition) is 0. The molecule has 1 amide bonds. The summed E-state index contributed by atoms with van der Waals surface area (Å²) >= 11 is 0. The van der Waals surface area contributed by atoms with Crippen LogP contribution in [0.2, 0.25) is 0 Å². The summed E-state index contributed by atoms with van der Waals surface area (Å²) in [6, 6.07) is 18.4. The molecule has 0 bridgehead atoms. The molecule has 1 aliphatic rings. The van der Waals surface area contributed by atoms with Crippen molar-refractivity contribution in [2.45, 2.75) is 18.9 Å². The van der Waals surface area contributed by atoms with Crippen LogP contribution in [0, 0.1) is 0 Å².